The van der Waals surface area contributed by atoms with Crippen molar-refractivity contribution in [2.45, 2.75) is 65.8 Å². The maximum Gasteiger partial charge on any atom is 0.118 e. The second kappa shape index (κ2) is 7.97. The van der Waals surface area contributed by atoms with Crippen LogP contribution in [0.2, 0.25) is 0 Å². The number of furan rings is 1. The minimum atomic E-state index is 0.461. The van der Waals surface area contributed by atoms with Crippen LogP contribution in [0.25, 0.3) is 0 Å². The smallest absolute Gasteiger partial charge is 0.118 e. The third kappa shape index (κ3) is 5.13. The summed E-state index contributed by atoms with van der Waals surface area (Å²) in [4.78, 5) is 2.51. The Bertz CT molecular complexity index is 420. The lowest BCUT2D eigenvalue weighted by molar-refractivity contribution is 0.0124. The van der Waals surface area contributed by atoms with Gasteiger partial charge in [0.2, 0.25) is 0 Å². The zero-order valence-corrected chi connectivity index (χ0v) is 13.9. The summed E-state index contributed by atoms with van der Waals surface area (Å²) in [5.74, 6) is 2.10. The predicted molar refractivity (Wildman–Crippen MR) is 85.3 cm³/mol. The molecule has 1 aliphatic heterocycles. The number of rotatable bonds is 7. The molecule has 0 atom stereocenters. The van der Waals surface area contributed by atoms with Gasteiger partial charge in [-0.15, -0.1) is 0 Å². The van der Waals surface area contributed by atoms with E-state index < -0.39 is 0 Å². The lowest BCUT2D eigenvalue weighted by Crippen LogP contribution is -2.36. The molecule has 2 rings (SSSR count). The van der Waals surface area contributed by atoms with Crippen LogP contribution in [0.1, 0.15) is 50.7 Å². The van der Waals surface area contributed by atoms with E-state index in [2.05, 4.69) is 44.0 Å². The third-order valence-corrected chi connectivity index (χ3v) is 4.09. The Hall–Kier alpha value is -0.840. The molecule has 1 saturated heterocycles. The van der Waals surface area contributed by atoms with E-state index in [9.17, 15) is 0 Å². The molecule has 1 aromatic heterocycles. The summed E-state index contributed by atoms with van der Waals surface area (Å²) in [5.41, 5.74) is 1.32. The highest BCUT2D eigenvalue weighted by atomic mass is 16.5. The molecule has 21 heavy (non-hydrogen) atoms. The third-order valence-electron chi connectivity index (χ3n) is 4.09. The van der Waals surface area contributed by atoms with E-state index in [1.807, 2.05) is 0 Å². The molecule has 120 valence electrons. The van der Waals surface area contributed by atoms with Crippen molar-refractivity contribution in [1.82, 2.24) is 10.2 Å². The Labute approximate surface area is 128 Å². The molecule has 1 fully saturated rings. The van der Waals surface area contributed by atoms with Gasteiger partial charge in [-0.1, -0.05) is 13.8 Å². The molecule has 0 bridgehead atoms. The summed E-state index contributed by atoms with van der Waals surface area (Å²) in [5, 5.41) is 3.40. The van der Waals surface area contributed by atoms with Gasteiger partial charge >= 0.3 is 0 Å². The van der Waals surface area contributed by atoms with Gasteiger partial charge in [0.05, 0.1) is 12.6 Å². The first-order valence-electron chi connectivity index (χ1n) is 8.24. The summed E-state index contributed by atoms with van der Waals surface area (Å²) >= 11 is 0. The molecule has 4 heteroatoms. The zero-order chi connectivity index (χ0) is 15.2. The molecule has 1 aliphatic rings. The maximum atomic E-state index is 5.85. The molecule has 0 saturated carbocycles. The maximum absolute atomic E-state index is 5.85. The molecule has 0 spiro atoms. The van der Waals surface area contributed by atoms with Crippen LogP contribution in [0.3, 0.4) is 0 Å². The Kier molecular flexibility index (Phi) is 6.27. The molecule has 0 aromatic carbocycles. The van der Waals surface area contributed by atoms with Gasteiger partial charge in [0.1, 0.15) is 11.5 Å². The second-order valence-corrected chi connectivity index (χ2v) is 6.26. The SMILES string of the molecule is CCOC1CCN(Cc2cc(CNC(C)C)oc2C)CC1. The van der Waals surface area contributed by atoms with Gasteiger partial charge in [0.15, 0.2) is 0 Å². The Morgan fingerprint density at radius 3 is 2.71 bits per heavy atom. The normalized spacial score (nSPS) is 17.8. The van der Waals surface area contributed by atoms with Crippen LogP contribution in [0.15, 0.2) is 10.5 Å². The summed E-state index contributed by atoms with van der Waals surface area (Å²) in [6.07, 6.45) is 2.75. The number of likely N-dealkylation sites (tertiary alicyclic amines) is 1. The summed E-state index contributed by atoms with van der Waals surface area (Å²) < 4.78 is 11.6. The quantitative estimate of drug-likeness (QED) is 0.838. The first-order valence-corrected chi connectivity index (χ1v) is 8.24. The molecule has 0 radical (unpaired) electrons. The van der Waals surface area contributed by atoms with Crippen molar-refractivity contribution in [2.24, 2.45) is 0 Å². The zero-order valence-electron chi connectivity index (χ0n) is 13.9. The van der Waals surface area contributed by atoms with Crippen LogP contribution in [0, 0.1) is 6.92 Å². The van der Waals surface area contributed by atoms with Gasteiger partial charge in [-0.25, -0.2) is 0 Å². The number of hydrogen-bond donors (Lipinski definition) is 1. The van der Waals surface area contributed by atoms with Crippen LogP contribution in [0.4, 0.5) is 0 Å². The molecule has 0 aliphatic carbocycles. The minimum absolute atomic E-state index is 0.461. The number of nitrogens with zero attached hydrogens (tertiary/aromatic N) is 1. The van der Waals surface area contributed by atoms with Crippen molar-refractivity contribution in [3.8, 4) is 0 Å². The Morgan fingerprint density at radius 1 is 1.38 bits per heavy atom. The van der Waals surface area contributed by atoms with Gasteiger partial charge in [-0.3, -0.25) is 4.90 Å². The lowest BCUT2D eigenvalue weighted by Gasteiger charge is -2.31. The van der Waals surface area contributed by atoms with E-state index >= 15 is 0 Å². The van der Waals surface area contributed by atoms with Crippen molar-refractivity contribution >= 4 is 0 Å². The topological polar surface area (TPSA) is 37.6 Å². The Balaban J connectivity index is 1.83. The molecular formula is C17H30N2O2. The van der Waals surface area contributed by atoms with Crippen molar-refractivity contribution < 1.29 is 9.15 Å². The second-order valence-electron chi connectivity index (χ2n) is 6.26. The van der Waals surface area contributed by atoms with Crippen molar-refractivity contribution in [3.05, 3.63) is 23.2 Å². The van der Waals surface area contributed by atoms with E-state index in [0.717, 1.165) is 57.1 Å². The van der Waals surface area contributed by atoms with E-state index in [-0.39, 0.29) is 0 Å². The number of hydrogen-bond acceptors (Lipinski definition) is 4. The first-order chi connectivity index (χ1) is 10.1. The highest BCUT2D eigenvalue weighted by molar-refractivity contribution is 5.20. The fraction of sp³-hybridized carbons (Fsp3) is 0.765. The molecule has 2 heterocycles. The Morgan fingerprint density at radius 2 is 2.10 bits per heavy atom. The van der Waals surface area contributed by atoms with Crippen LogP contribution >= 0.6 is 0 Å². The molecular weight excluding hydrogens is 264 g/mol. The fourth-order valence-corrected chi connectivity index (χ4v) is 2.85. The largest absolute Gasteiger partial charge is 0.465 e. The van der Waals surface area contributed by atoms with Crippen molar-refractivity contribution in [2.75, 3.05) is 19.7 Å². The van der Waals surface area contributed by atoms with Gasteiger partial charge in [-0.2, -0.15) is 0 Å². The van der Waals surface area contributed by atoms with Crippen LogP contribution in [-0.4, -0.2) is 36.7 Å². The lowest BCUT2D eigenvalue weighted by atomic mass is 10.1. The van der Waals surface area contributed by atoms with Crippen molar-refractivity contribution in [1.29, 1.82) is 0 Å². The number of ether oxygens (including phenoxy) is 1. The van der Waals surface area contributed by atoms with E-state index in [1.54, 1.807) is 0 Å². The molecule has 0 amide bonds. The van der Waals surface area contributed by atoms with Crippen molar-refractivity contribution in [3.63, 3.8) is 0 Å². The van der Waals surface area contributed by atoms with Gasteiger partial charge in [0.25, 0.3) is 0 Å². The van der Waals surface area contributed by atoms with Gasteiger partial charge in [0, 0.05) is 37.8 Å². The molecule has 1 aromatic rings. The minimum Gasteiger partial charge on any atom is -0.465 e. The van der Waals surface area contributed by atoms with Crippen LogP contribution < -0.4 is 5.32 Å². The fourth-order valence-electron chi connectivity index (χ4n) is 2.85. The average Bonchev–Trinajstić information content (AvgIpc) is 2.80. The monoisotopic (exact) mass is 294 g/mol. The van der Waals surface area contributed by atoms with Crippen LogP contribution in [0.5, 0.6) is 0 Å². The first kappa shape index (κ1) is 16.5. The number of nitrogens with one attached hydrogen (secondary N) is 1. The molecule has 1 N–H and O–H groups in total. The van der Waals surface area contributed by atoms with E-state index in [4.69, 9.17) is 9.15 Å². The number of piperidine rings is 1. The highest BCUT2D eigenvalue weighted by Crippen LogP contribution is 2.20. The number of aryl methyl sites for hydroxylation is 1. The summed E-state index contributed by atoms with van der Waals surface area (Å²) in [7, 11) is 0. The van der Waals surface area contributed by atoms with E-state index in [1.165, 1.54) is 5.56 Å². The van der Waals surface area contributed by atoms with E-state index in [0.29, 0.717) is 12.1 Å². The molecule has 0 unspecified atom stereocenters. The summed E-state index contributed by atoms with van der Waals surface area (Å²) in [6, 6.07) is 2.69. The average molecular weight is 294 g/mol. The van der Waals surface area contributed by atoms with Gasteiger partial charge in [-0.05, 0) is 32.8 Å². The summed E-state index contributed by atoms with van der Waals surface area (Å²) in [6.45, 7) is 13.3. The van der Waals surface area contributed by atoms with Crippen LogP contribution in [-0.2, 0) is 17.8 Å². The standard InChI is InChI=1S/C17H30N2O2/c1-5-20-16-6-8-19(9-7-16)12-15-10-17(21-14(15)4)11-18-13(2)3/h10,13,16,18H,5-9,11-12H2,1-4H3. The molecule has 4 nitrogen and oxygen atoms in total. The van der Waals surface area contributed by atoms with Gasteiger partial charge < -0.3 is 14.5 Å². The predicted octanol–water partition coefficient (Wildman–Crippen LogP) is 3.09. The highest BCUT2D eigenvalue weighted by Gasteiger charge is 2.20.